The maximum atomic E-state index is 8.92. The van der Waals surface area contributed by atoms with E-state index in [9.17, 15) is 0 Å². The summed E-state index contributed by atoms with van der Waals surface area (Å²) in [5.41, 5.74) is 1.96. The smallest absolute Gasteiger partial charge is 0.0702 e. The summed E-state index contributed by atoms with van der Waals surface area (Å²) in [7, 11) is 3.91. The van der Waals surface area contributed by atoms with E-state index < -0.39 is 0 Å². The number of aliphatic hydroxyl groups excluding tert-OH is 1. The fraction of sp³-hybridized carbons (Fsp3) is 0.333. The molecule has 0 aliphatic heterocycles. The fourth-order valence-corrected chi connectivity index (χ4v) is 1.02. The van der Waals surface area contributed by atoms with Crippen LogP contribution in [0.15, 0.2) is 18.2 Å². The van der Waals surface area contributed by atoms with Gasteiger partial charge in [0.1, 0.15) is 0 Å². The van der Waals surface area contributed by atoms with Gasteiger partial charge in [0.25, 0.3) is 0 Å². The Bertz CT molecular complexity index is 233. The number of hydrogen-bond acceptors (Lipinski definition) is 2. The third-order valence-corrected chi connectivity index (χ3v) is 1.58. The van der Waals surface area contributed by atoms with Crippen molar-refractivity contribution in [2.75, 3.05) is 19.0 Å². The molecule has 0 fully saturated rings. The molecular formula is C9H12NO. The average Bonchev–Trinajstić information content (AvgIpc) is 2.04. The van der Waals surface area contributed by atoms with Crippen LogP contribution in [-0.2, 0) is 6.61 Å². The molecule has 0 atom stereocenters. The van der Waals surface area contributed by atoms with E-state index in [4.69, 9.17) is 5.11 Å². The van der Waals surface area contributed by atoms with Crippen molar-refractivity contribution < 1.29 is 5.11 Å². The number of nitrogens with zero attached hydrogens (tertiary/aromatic N) is 1. The molecule has 0 aliphatic carbocycles. The number of aliphatic hydroxyl groups is 1. The second-order valence-corrected chi connectivity index (χ2v) is 2.61. The van der Waals surface area contributed by atoms with Crippen molar-refractivity contribution in [1.29, 1.82) is 0 Å². The van der Waals surface area contributed by atoms with E-state index in [-0.39, 0.29) is 6.61 Å². The van der Waals surface area contributed by atoms with Crippen LogP contribution in [-0.4, -0.2) is 19.2 Å². The van der Waals surface area contributed by atoms with Gasteiger partial charge in [0.2, 0.25) is 0 Å². The van der Waals surface area contributed by atoms with Crippen LogP contribution in [0, 0.1) is 6.07 Å². The second-order valence-electron chi connectivity index (χ2n) is 2.61. The molecule has 1 aromatic rings. The quantitative estimate of drug-likeness (QED) is 0.681. The fourth-order valence-electron chi connectivity index (χ4n) is 1.02. The maximum absolute atomic E-state index is 8.92. The highest BCUT2D eigenvalue weighted by Crippen LogP contribution is 2.16. The molecule has 1 aromatic carbocycles. The Balaban J connectivity index is 3.02. The predicted molar refractivity (Wildman–Crippen MR) is 45.5 cm³/mol. The van der Waals surface area contributed by atoms with Crippen molar-refractivity contribution in [2.45, 2.75) is 6.61 Å². The van der Waals surface area contributed by atoms with Gasteiger partial charge in [-0.3, -0.25) is 0 Å². The minimum absolute atomic E-state index is 0.0743. The van der Waals surface area contributed by atoms with Gasteiger partial charge < -0.3 is 10.0 Å². The van der Waals surface area contributed by atoms with Crippen LogP contribution in [0.4, 0.5) is 5.69 Å². The minimum atomic E-state index is 0.0743. The van der Waals surface area contributed by atoms with Gasteiger partial charge in [-0.25, -0.2) is 0 Å². The Morgan fingerprint density at radius 3 is 2.73 bits per heavy atom. The van der Waals surface area contributed by atoms with E-state index in [1.54, 1.807) is 6.07 Å². The largest absolute Gasteiger partial charge is 0.392 e. The Labute approximate surface area is 67.1 Å². The zero-order valence-electron chi connectivity index (χ0n) is 6.83. The first-order valence-electron chi connectivity index (χ1n) is 3.53. The zero-order valence-corrected chi connectivity index (χ0v) is 6.83. The van der Waals surface area contributed by atoms with Crippen LogP contribution >= 0.6 is 0 Å². The van der Waals surface area contributed by atoms with Crippen LogP contribution < -0.4 is 4.90 Å². The van der Waals surface area contributed by atoms with Gasteiger partial charge in [-0.1, -0.05) is 6.07 Å². The van der Waals surface area contributed by atoms with E-state index in [1.165, 1.54) is 0 Å². The van der Waals surface area contributed by atoms with Crippen molar-refractivity contribution in [2.24, 2.45) is 0 Å². The van der Waals surface area contributed by atoms with E-state index in [2.05, 4.69) is 6.07 Å². The van der Waals surface area contributed by atoms with Gasteiger partial charge in [0, 0.05) is 25.3 Å². The van der Waals surface area contributed by atoms with E-state index >= 15 is 0 Å². The van der Waals surface area contributed by atoms with Crippen LogP contribution in [0.3, 0.4) is 0 Å². The summed E-state index contributed by atoms with van der Waals surface area (Å²) in [4.78, 5) is 1.97. The van der Waals surface area contributed by atoms with Crippen molar-refractivity contribution >= 4 is 5.69 Å². The monoisotopic (exact) mass is 150 g/mol. The SMILES string of the molecule is CN(C)c1cc[c]cc1CO. The Kier molecular flexibility index (Phi) is 2.49. The number of hydrogen-bond donors (Lipinski definition) is 1. The molecule has 0 aromatic heterocycles. The highest BCUT2D eigenvalue weighted by atomic mass is 16.3. The molecule has 0 unspecified atom stereocenters. The lowest BCUT2D eigenvalue weighted by atomic mass is 10.2. The molecule has 2 heteroatoms. The van der Waals surface area contributed by atoms with Gasteiger partial charge in [-0.05, 0) is 18.2 Å². The Hall–Kier alpha value is -1.02. The normalized spacial score (nSPS) is 9.73. The highest BCUT2D eigenvalue weighted by Gasteiger charge is 2.00. The summed E-state index contributed by atoms with van der Waals surface area (Å²) in [6, 6.07) is 8.50. The Morgan fingerprint density at radius 1 is 1.55 bits per heavy atom. The molecule has 0 aliphatic rings. The van der Waals surface area contributed by atoms with Crippen molar-refractivity contribution in [3.05, 3.63) is 29.8 Å². The van der Waals surface area contributed by atoms with Gasteiger partial charge in [-0.2, -0.15) is 0 Å². The lowest BCUT2D eigenvalue weighted by Gasteiger charge is -2.15. The summed E-state index contributed by atoms with van der Waals surface area (Å²) in [6.45, 7) is 0.0743. The summed E-state index contributed by atoms with van der Waals surface area (Å²) < 4.78 is 0. The molecule has 0 saturated carbocycles. The highest BCUT2D eigenvalue weighted by molar-refractivity contribution is 5.51. The van der Waals surface area contributed by atoms with Gasteiger partial charge in [-0.15, -0.1) is 0 Å². The molecule has 0 amide bonds. The minimum Gasteiger partial charge on any atom is -0.392 e. The Morgan fingerprint density at radius 2 is 2.27 bits per heavy atom. The molecule has 0 bridgehead atoms. The molecule has 1 rings (SSSR count). The van der Waals surface area contributed by atoms with Gasteiger partial charge >= 0.3 is 0 Å². The summed E-state index contributed by atoms with van der Waals surface area (Å²) in [5, 5.41) is 8.92. The summed E-state index contributed by atoms with van der Waals surface area (Å²) in [5.74, 6) is 0. The first kappa shape index (κ1) is 8.08. The average molecular weight is 150 g/mol. The molecule has 0 heterocycles. The van der Waals surface area contributed by atoms with Crippen LogP contribution in [0.1, 0.15) is 5.56 Å². The molecule has 0 saturated heterocycles. The molecule has 1 N–H and O–H groups in total. The van der Waals surface area contributed by atoms with Gasteiger partial charge in [0.05, 0.1) is 6.61 Å². The molecule has 0 spiro atoms. The van der Waals surface area contributed by atoms with E-state index in [1.807, 2.05) is 31.1 Å². The lowest BCUT2D eigenvalue weighted by Crippen LogP contribution is -2.10. The third kappa shape index (κ3) is 1.71. The second kappa shape index (κ2) is 3.39. The molecule has 59 valence electrons. The van der Waals surface area contributed by atoms with E-state index in [0.29, 0.717) is 0 Å². The topological polar surface area (TPSA) is 23.5 Å². The predicted octanol–water partition coefficient (Wildman–Crippen LogP) is 1.05. The lowest BCUT2D eigenvalue weighted by molar-refractivity contribution is 0.282. The summed E-state index contributed by atoms with van der Waals surface area (Å²) >= 11 is 0. The maximum Gasteiger partial charge on any atom is 0.0702 e. The van der Waals surface area contributed by atoms with Crippen LogP contribution in [0.2, 0.25) is 0 Å². The van der Waals surface area contributed by atoms with Crippen LogP contribution in [0.5, 0.6) is 0 Å². The van der Waals surface area contributed by atoms with Gasteiger partial charge in [0.15, 0.2) is 0 Å². The molecule has 2 nitrogen and oxygen atoms in total. The van der Waals surface area contributed by atoms with Crippen molar-refractivity contribution in [1.82, 2.24) is 0 Å². The first-order chi connectivity index (χ1) is 5.25. The van der Waals surface area contributed by atoms with Crippen molar-refractivity contribution in [3.8, 4) is 0 Å². The van der Waals surface area contributed by atoms with Crippen molar-refractivity contribution in [3.63, 3.8) is 0 Å². The van der Waals surface area contributed by atoms with E-state index in [0.717, 1.165) is 11.3 Å². The number of anilines is 1. The number of benzene rings is 1. The first-order valence-corrected chi connectivity index (χ1v) is 3.53. The molecular weight excluding hydrogens is 138 g/mol. The third-order valence-electron chi connectivity index (χ3n) is 1.58. The molecule has 11 heavy (non-hydrogen) atoms. The standard InChI is InChI=1S/C9H12NO/c1-10(2)9-6-4-3-5-8(9)7-11/h4-6,11H,7H2,1-2H3. The summed E-state index contributed by atoms with van der Waals surface area (Å²) in [6.07, 6.45) is 0. The number of rotatable bonds is 2. The molecule has 1 radical (unpaired) electrons. The van der Waals surface area contributed by atoms with Crippen LogP contribution in [0.25, 0.3) is 0 Å². The zero-order chi connectivity index (χ0) is 8.27.